The molecule has 1 N–H and O–H groups in total. The number of rotatable bonds is 3. The number of ether oxygens (including phenoxy) is 1. The Labute approximate surface area is 135 Å². The maximum atomic E-state index is 12.6. The van der Waals surface area contributed by atoms with Gasteiger partial charge >= 0.3 is 11.9 Å². The fraction of sp³-hybridized carbons (Fsp3) is 0.0556. The number of benzene rings is 2. The number of carboxylic acid groups (broad SMARTS) is 1. The van der Waals surface area contributed by atoms with Crippen molar-refractivity contribution in [1.29, 1.82) is 0 Å². The van der Waals surface area contributed by atoms with Gasteiger partial charge in [-0.05, 0) is 29.8 Å². The molecule has 0 unspecified atom stereocenters. The average Bonchev–Trinajstić information content (AvgIpc) is 2.54. The molecule has 0 aliphatic rings. The van der Waals surface area contributed by atoms with Crippen LogP contribution in [0.2, 0.25) is 0 Å². The summed E-state index contributed by atoms with van der Waals surface area (Å²) in [5, 5.41) is 9.25. The summed E-state index contributed by atoms with van der Waals surface area (Å²) in [5.41, 5.74) is 1.05. The average molecular weight is 324 g/mol. The summed E-state index contributed by atoms with van der Waals surface area (Å²) >= 11 is 0. The lowest BCUT2D eigenvalue weighted by molar-refractivity contribution is -0.131. The third-order valence-corrected chi connectivity index (χ3v) is 3.45. The maximum absolute atomic E-state index is 12.6. The minimum Gasteiger partial charge on any atom is -0.478 e. The quantitative estimate of drug-likeness (QED) is 0.588. The molecular weight excluding hydrogens is 312 g/mol. The number of hydrogen-bond donors (Lipinski definition) is 1. The summed E-state index contributed by atoms with van der Waals surface area (Å²) in [5.74, 6) is -1.21. The standard InChI is InChI=1S/C18H12O6/c1-10(19)24-13-6-7-14-16(8-13)23-9-15(17(14)20)11-2-4-12(5-3-11)18(21)22/h2-9H,1H3,(H,21,22). The van der Waals surface area contributed by atoms with Crippen LogP contribution >= 0.6 is 0 Å². The van der Waals surface area contributed by atoms with E-state index >= 15 is 0 Å². The molecule has 0 spiro atoms. The lowest BCUT2D eigenvalue weighted by Gasteiger charge is -2.05. The van der Waals surface area contributed by atoms with Crippen LogP contribution in [0, 0.1) is 0 Å². The molecule has 0 fully saturated rings. The van der Waals surface area contributed by atoms with Crippen LogP contribution in [-0.2, 0) is 4.79 Å². The zero-order valence-electron chi connectivity index (χ0n) is 12.6. The van der Waals surface area contributed by atoms with Gasteiger partial charge in [0.2, 0.25) is 0 Å². The van der Waals surface area contributed by atoms with Gasteiger partial charge in [0.1, 0.15) is 17.6 Å². The van der Waals surface area contributed by atoms with Crippen molar-refractivity contribution in [3.63, 3.8) is 0 Å². The van der Waals surface area contributed by atoms with Gasteiger partial charge in [-0.2, -0.15) is 0 Å². The van der Waals surface area contributed by atoms with Crippen LogP contribution in [0.4, 0.5) is 0 Å². The Hall–Kier alpha value is -3.41. The fourth-order valence-corrected chi connectivity index (χ4v) is 2.33. The van der Waals surface area contributed by atoms with Crippen molar-refractivity contribution in [2.75, 3.05) is 0 Å². The normalized spacial score (nSPS) is 10.5. The zero-order valence-corrected chi connectivity index (χ0v) is 12.6. The van der Waals surface area contributed by atoms with Crippen molar-refractivity contribution in [1.82, 2.24) is 0 Å². The second-order valence-electron chi connectivity index (χ2n) is 5.11. The molecule has 1 aromatic heterocycles. The molecule has 6 nitrogen and oxygen atoms in total. The van der Waals surface area contributed by atoms with Gasteiger partial charge in [0.15, 0.2) is 5.43 Å². The smallest absolute Gasteiger partial charge is 0.335 e. The Balaban J connectivity index is 2.07. The molecule has 0 amide bonds. The van der Waals surface area contributed by atoms with Crippen LogP contribution in [0.3, 0.4) is 0 Å². The summed E-state index contributed by atoms with van der Waals surface area (Å²) in [6, 6.07) is 10.4. The van der Waals surface area contributed by atoms with E-state index in [9.17, 15) is 14.4 Å². The van der Waals surface area contributed by atoms with Crippen LogP contribution in [0.25, 0.3) is 22.1 Å². The first-order valence-corrected chi connectivity index (χ1v) is 7.03. The summed E-state index contributed by atoms with van der Waals surface area (Å²) in [7, 11) is 0. The number of esters is 1. The molecular formula is C18H12O6. The topological polar surface area (TPSA) is 93.8 Å². The lowest BCUT2D eigenvalue weighted by Crippen LogP contribution is -2.06. The van der Waals surface area contributed by atoms with Gasteiger partial charge in [-0.25, -0.2) is 4.79 Å². The minimum absolute atomic E-state index is 0.134. The molecule has 0 bridgehead atoms. The van der Waals surface area contributed by atoms with E-state index < -0.39 is 11.9 Å². The van der Waals surface area contributed by atoms with Crippen LogP contribution < -0.4 is 10.2 Å². The molecule has 0 saturated heterocycles. The van der Waals surface area contributed by atoms with E-state index in [1.165, 1.54) is 43.5 Å². The highest BCUT2D eigenvalue weighted by Gasteiger charge is 2.11. The molecule has 0 aliphatic carbocycles. The van der Waals surface area contributed by atoms with Gasteiger partial charge in [-0.3, -0.25) is 9.59 Å². The summed E-state index contributed by atoms with van der Waals surface area (Å²) in [4.78, 5) is 34.5. The van der Waals surface area contributed by atoms with Crippen molar-refractivity contribution in [2.24, 2.45) is 0 Å². The number of hydrogen-bond acceptors (Lipinski definition) is 5. The van der Waals surface area contributed by atoms with E-state index in [-0.39, 0.29) is 16.7 Å². The summed E-state index contributed by atoms with van der Waals surface area (Å²) in [6.07, 6.45) is 1.30. The van der Waals surface area contributed by atoms with E-state index in [2.05, 4.69) is 0 Å². The number of carboxylic acids is 1. The Morgan fingerprint density at radius 3 is 2.42 bits per heavy atom. The van der Waals surface area contributed by atoms with E-state index in [0.29, 0.717) is 22.1 Å². The molecule has 6 heteroatoms. The first-order valence-electron chi connectivity index (χ1n) is 7.03. The summed E-state index contributed by atoms with van der Waals surface area (Å²) < 4.78 is 10.4. The van der Waals surface area contributed by atoms with Crippen molar-refractivity contribution < 1.29 is 23.8 Å². The molecule has 0 aliphatic heterocycles. The van der Waals surface area contributed by atoms with Crippen LogP contribution in [-0.4, -0.2) is 17.0 Å². The predicted octanol–water partition coefficient (Wildman–Crippen LogP) is 3.08. The van der Waals surface area contributed by atoms with Crippen molar-refractivity contribution in [2.45, 2.75) is 6.92 Å². The van der Waals surface area contributed by atoms with Gasteiger partial charge in [-0.15, -0.1) is 0 Å². The third kappa shape index (κ3) is 2.89. The Bertz CT molecular complexity index is 998. The molecule has 120 valence electrons. The number of aromatic carboxylic acids is 1. The lowest BCUT2D eigenvalue weighted by atomic mass is 10.0. The molecule has 0 radical (unpaired) electrons. The first-order chi connectivity index (χ1) is 11.5. The van der Waals surface area contributed by atoms with E-state index in [1.807, 2.05) is 0 Å². The largest absolute Gasteiger partial charge is 0.478 e. The van der Waals surface area contributed by atoms with Gasteiger partial charge in [-0.1, -0.05) is 12.1 Å². The zero-order chi connectivity index (χ0) is 17.3. The number of carbonyl (C=O) groups is 2. The Kier molecular flexibility index (Phi) is 3.87. The molecule has 0 atom stereocenters. The number of fused-ring (bicyclic) bond motifs is 1. The van der Waals surface area contributed by atoms with Gasteiger partial charge in [0.05, 0.1) is 16.5 Å². The van der Waals surface area contributed by atoms with Crippen molar-refractivity contribution in [3.05, 3.63) is 64.5 Å². The molecule has 3 rings (SSSR count). The highest BCUT2D eigenvalue weighted by Crippen LogP contribution is 2.23. The SMILES string of the molecule is CC(=O)Oc1ccc2c(=O)c(-c3ccc(C(=O)O)cc3)coc2c1. The van der Waals surface area contributed by atoms with Gasteiger partial charge in [0, 0.05) is 13.0 Å². The Morgan fingerprint density at radius 2 is 1.79 bits per heavy atom. The monoisotopic (exact) mass is 324 g/mol. The highest BCUT2D eigenvalue weighted by atomic mass is 16.5. The van der Waals surface area contributed by atoms with E-state index in [0.717, 1.165) is 0 Å². The third-order valence-electron chi connectivity index (χ3n) is 3.45. The summed E-state index contributed by atoms with van der Waals surface area (Å²) in [6.45, 7) is 1.28. The highest BCUT2D eigenvalue weighted by molar-refractivity contribution is 5.89. The fourth-order valence-electron chi connectivity index (χ4n) is 2.33. The number of carbonyl (C=O) groups excluding carboxylic acids is 1. The van der Waals surface area contributed by atoms with E-state index in [4.69, 9.17) is 14.3 Å². The van der Waals surface area contributed by atoms with E-state index in [1.54, 1.807) is 12.1 Å². The van der Waals surface area contributed by atoms with Crippen molar-refractivity contribution >= 4 is 22.9 Å². The maximum Gasteiger partial charge on any atom is 0.335 e. The predicted molar refractivity (Wildman–Crippen MR) is 86.2 cm³/mol. The Morgan fingerprint density at radius 1 is 1.08 bits per heavy atom. The van der Waals surface area contributed by atoms with Crippen molar-refractivity contribution in [3.8, 4) is 16.9 Å². The van der Waals surface area contributed by atoms with Gasteiger partial charge < -0.3 is 14.3 Å². The molecule has 2 aromatic carbocycles. The molecule has 24 heavy (non-hydrogen) atoms. The molecule has 3 aromatic rings. The molecule has 1 heterocycles. The minimum atomic E-state index is -1.04. The van der Waals surface area contributed by atoms with Crippen LogP contribution in [0.5, 0.6) is 5.75 Å². The first kappa shape index (κ1) is 15.5. The second-order valence-corrected chi connectivity index (χ2v) is 5.11. The van der Waals surface area contributed by atoms with Gasteiger partial charge in [0.25, 0.3) is 0 Å². The van der Waals surface area contributed by atoms with Crippen LogP contribution in [0.15, 0.2) is 57.9 Å². The second kappa shape index (κ2) is 6.00. The molecule has 0 saturated carbocycles. The van der Waals surface area contributed by atoms with Crippen LogP contribution in [0.1, 0.15) is 17.3 Å².